The van der Waals surface area contributed by atoms with E-state index in [0.29, 0.717) is 10.4 Å². The number of aryl methyl sites for hydroxylation is 1. The van der Waals surface area contributed by atoms with Crippen LogP contribution >= 0.6 is 15.9 Å². The molecule has 2 aromatic rings. The standard InChI is InChI=1S/C9H10BrN3O/c1-13-4-6(12-5-13)9(11)7-2-3-8(10)14-7/h2-5,9H,11H2,1H3. The first kappa shape index (κ1) is 9.48. The van der Waals surface area contributed by atoms with Gasteiger partial charge in [-0.1, -0.05) is 0 Å². The molecule has 0 fully saturated rings. The molecule has 0 spiro atoms. The van der Waals surface area contributed by atoms with Gasteiger partial charge in [0, 0.05) is 13.2 Å². The third kappa shape index (κ3) is 1.73. The molecule has 0 amide bonds. The Morgan fingerprint density at radius 2 is 2.36 bits per heavy atom. The third-order valence-corrected chi connectivity index (χ3v) is 2.37. The first-order valence-corrected chi connectivity index (χ1v) is 4.95. The Hall–Kier alpha value is -1.07. The zero-order chi connectivity index (χ0) is 10.1. The SMILES string of the molecule is Cn1cnc(C(N)c2ccc(Br)o2)c1. The van der Waals surface area contributed by atoms with Gasteiger partial charge in [0.2, 0.25) is 0 Å². The van der Waals surface area contributed by atoms with Gasteiger partial charge < -0.3 is 14.7 Å². The second-order valence-electron chi connectivity index (χ2n) is 3.08. The Bertz CT molecular complexity index is 394. The molecule has 0 aliphatic rings. The van der Waals surface area contributed by atoms with E-state index < -0.39 is 0 Å². The van der Waals surface area contributed by atoms with Crippen LogP contribution in [0.15, 0.2) is 33.7 Å². The van der Waals surface area contributed by atoms with Gasteiger partial charge in [0.15, 0.2) is 4.67 Å². The van der Waals surface area contributed by atoms with Crippen molar-refractivity contribution in [3.05, 3.63) is 40.8 Å². The van der Waals surface area contributed by atoms with Crippen LogP contribution in [0.3, 0.4) is 0 Å². The van der Waals surface area contributed by atoms with Crippen LogP contribution in [0.4, 0.5) is 0 Å². The number of rotatable bonds is 2. The lowest BCUT2D eigenvalue weighted by atomic mass is 10.2. The number of nitrogens with zero attached hydrogens (tertiary/aromatic N) is 2. The van der Waals surface area contributed by atoms with Gasteiger partial charge in [-0.15, -0.1) is 0 Å². The van der Waals surface area contributed by atoms with E-state index in [1.807, 2.05) is 29.9 Å². The van der Waals surface area contributed by atoms with E-state index in [4.69, 9.17) is 10.2 Å². The summed E-state index contributed by atoms with van der Waals surface area (Å²) in [5.41, 5.74) is 6.75. The first-order chi connectivity index (χ1) is 6.66. The molecule has 0 saturated heterocycles. The topological polar surface area (TPSA) is 57.0 Å². The zero-order valence-corrected chi connectivity index (χ0v) is 9.23. The van der Waals surface area contributed by atoms with Gasteiger partial charge in [-0.2, -0.15) is 0 Å². The van der Waals surface area contributed by atoms with Crippen LogP contribution in [0.5, 0.6) is 0 Å². The maximum absolute atomic E-state index is 5.95. The summed E-state index contributed by atoms with van der Waals surface area (Å²) in [4.78, 5) is 4.16. The van der Waals surface area contributed by atoms with Gasteiger partial charge in [0.25, 0.3) is 0 Å². The summed E-state index contributed by atoms with van der Waals surface area (Å²) in [6, 6.07) is 3.35. The number of halogens is 1. The molecule has 0 aromatic carbocycles. The average Bonchev–Trinajstić information content (AvgIpc) is 2.73. The highest BCUT2D eigenvalue weighted by Gasteiger charge is 2.14. The Labute approximate surface area is 89.9 Å². The van der Waals surface area contributed by atoms with Crippen LogP contribution in [0, 0.1) is 0 Å². The fourth-order valence-corrected chi connectivity index (χ4v) is 1.55. The molecule has 2 N–H and O–H groups in total. The highest BCUT2D eigenvalue weighted by Crippen LogP contribution is 2.22. The van der Waals surface area contributed by atoms with Crippen molar-refractivity contribution in [3.63, 3.8) is 0 Å². The monoisotopic (exact) mass is 255 g/mol. The lowest BCUT2D eigenvalue weighted by Gasteiger charge is -2.03. The van der Waals surface area contributed by atoms with Crippen LogP contribution in [-0.2, 0) is 7.05 Å². The molecule has 14 heavy (non-hydrogen) atoms. The molecule has 0 aliphatic carbocycles. The molecule has 5 heteroatoms. The van der Waals surface area contributed by atoms with Crippen LogP contribution in [-0.4, -0.2) is 9.55 Å². The van der Waals surface area contributed by atoms with E-state index >= 15 is 0 Å². The minimum Gasteiger partial charge on any atom is -0.452 e. The Kier molecular flexibility index (Phi) is 2.43. The summed E-state index contributed by atoms with van der Waals surface area (Å²) < 4.78 is 7.89. The van der Waals surface area contributed by atoms with Crippen LogP contribution in [0.1, 0.15) is 17.5 Å². The number of hydrogen-bond donors (Lipinski definition) is 1. The van der Waals surface area contributed by atoms with Crippen molar-refractivity contribution in [3.8, 4) is 0 Å². The molecule has 2 aromatic heterocycles. The van der Waals surface area contributed by atoms with Gasteiger partial charge >= 0.3 is 0 Å². The highest BCUT2D eigenvalue weighted by molar-refractivity contribution is 9.10. The van der Waals surface area contributed by atoms with Crippen LogP contribution < -0.4 is 5.73 Å². The lowest BCUT2D eigenvalue weighted by Crippen LogP contribution is -2.11. The fourth-order valence-electron chi connectivity index (χ4n) is 1.23. The van der Waals surface area contributed by atoms with Crippen molar-refractivity contribution in [1.29, 1.82) is 0 Å². The summed E-state index contributed by atoms with van der Waals surface area (Å²) in [5.74, 6) is 0.704. The van der Waals surface area contributed by atoms with E-state index in [9.17, 15) is 0 Å². The second kappa shape index (κ2) is 3.59. The van der Waals surface area contributed by atoms with Gasteiger partial charge in [0.1, 0.15) is 11.8 Å². The normalized spacial score (nSPS) is 13.1. The zero-order valence-electron chi connectivity index (χ0n) is 7.64. The minimum atomic E-state index is -0.303. The number of furan rings is 1. The van der Waals surface area contributed by atoms with Crippen molar-refractivity contribution in [2.75, 3.05) is 0 Å². The van der Waals surface area contributed by atoms with Gasteiger partial charge in [0.05, 0.1) is 12.0 Å². The predicted molar refractivity (Wildman–Crippen MR) is 55.6 cm³/mol. The summed E-state index contributed by atoms with van der Waals surface area (Å²) in [6.07, 6.45) is 3.59. The van der Waals surface area contributed by atoms with Crippen molar-refractivity contribution >= 4 is 15.9 Å². The Balaban J connectivity index is 2.28. The van der Waals surface area contributed by atoms with Crippen LogP contribution in [0.25, 0.3) is 0 Å². The molecule has 0 saturated carbocycles. The summed E-state index contributed by atoms with van der Waals surface area (Å²) in [6.45, 7) is 0. The number of nitrogens with two attached hydrogens (primary N) is 1. The molecular formula is C9H10BrN3O. The molecule has 2 rings (SSSR count). The summed E-state index contributed by atoms with van der Waals surface area (Å²) in [7, 11) is 1.90. The molecule has 1 atom stereocenters. The number of hydrogen-bond acceptors (Lipinski definition) is 3. The highest BCUT2D eigenvalue weighted by atomic mass is 79.9. The van der Waals surface area contributed by atoms with Crippen molar-refractivity contribution in [2.45, 2.75) is 6.04 Å². The van der Waals surface area contributed by atoms with Crippen molar-refractivity contribution in [2.24, 2.45) is 12.8 Å². The van der Waals surface area contributed by atoms with Gasteiger partial charge in [-0.25, -0.2) is 4.98 Å². The molecule has 74 valence electrons. The van der Waals surface area contributed by atoms with Crippen LogP contribution in [0.2, 0.25) is 0 Å². The maximum atomic E-state index is 5.95. The van der Waals surface area contributed by atoms with Crippen molar-refractivity contribution in [1.82, 2.24) is 9.55 Å². The molecule has 0 aliphatic heterocycles. The van der Waals surface area contributed by atoms with Gasteiger partial charge in [-0.05, 0) is 28.1 Å². The fraction of sp³-hybridized carbons (Fsp3) is 0.222. The quantitative estimate of drug-likeness (QED) is 0.891. The molecule has 2 heterocycles. The largest absolute Gasteiger partial charge is 0.452 e. The Morgan fingerprint density at radius 1 is 1.57 bits per heavy atom. The lowest BCUT2D eigenvalue weighted by molar-refractivity contribution is 0.467. The summed E-state index contributed by atoms with van der Waals surface area (Å²) >= 11 is 3.23. The molecular weight excluding hydrogens is 246 g/mol. The summed E-state index contributed by atoms with van der Waals surface area (Å²) in [5, 5.41) is 0. The van der Waals surface area contributed by atoms with E-state index in [0.717, 1.165) is 5.69 Å². The second-order valence-corrected chi connectivity index (χ2v) is 3.87. The molecule has 4 nitrogen and oxygen atoms in total. The first-order valence-electron chi connectivity index (χ1n) is 4.15. The maximum Gasteiger partial charge on any atom is 0.169 e. The molecule has 0 bridgehead atoms. The average molecular weight is 256 g/mol. The molecule has 1 unspecified atom stereocenters. The van der Waals surface area contributed by atoms with Crippen molar-refractivity contribution < 1.29 is 4.42 Å². The van der Waals surface area contributed by atoms with E-state index in [1.165, 1.54) is 0 Å². The molecule has 0 radical (unpaired) electrons. The Morgan fingerprint density at radius 3 is 2.86 bits per heavy atom. The van der Waals surface area contributed by atoms with E-state index in [-0.39, 0.29) is 6.04 Å². The number of imidazole rings is 1. The predicted octanol–water partition coefficient (Wildman–Crippen LogP) is 1.82. The van der Waals surface area contributed by atoms with Gasteiger partial charge in [-0.3, -0.25) is 0 Å². The smallest absolute Gasteiger partial charge is 0.169 e. The number of aromatic nitrogens is 2. The van der Waals surface area contributed by atoms with E-state index in [2.05, 4.69) is 20.9 Å². The minimum absolute atomic E-state index is 0.303. The third-order valence-electron chi connectivity index (χ3n) is 1.94. The van der Waals surface area contributed by atoms with E-state index in [1.54, 1.807) is 6.33 Å².